The summed E-state index contributed by atoms with van der Waals surface area (Å²) in [6.45, 7) is 7.04. The number of hydrogen-bond acceptors (Lipinski definition) is 4. The molecule has 22 heavy (non-hydrogen) atoms. The van der Waals surface area contributed by atoms with Gasteiger partial charge in [-0.05, 0) is 51.0 Å². The lowest BCUT2D eigenvalue weighted by Gasteiger charge is -2.35. The van der Waals surface area contributed by atoms with Gasteiger partial charge >= 0.3 is 0 Å². The van der Waals surface area contributed by atoms with Crippen molar-refractivity contribution in [3.05, 3.63) is 18.2 Å². The van der Waals surface area contributed by atoms with Crippen LogP contribution in [0.5, 0.6) is 11.5 Å². The number of hydrogen-bond donors (Lipinski definition) is 2. The molecule has 0 saturated carbocycles. The highest BCUT2D eigenvalue weighted by Crippen LogP contribution is 2.34. The molecular formula is C16H23N3O2S. The van der Waals surface area contributed by atoms with Crippen LogP contribution in [0.1, 0.15) is 26.7 Å². The number of fused-ring (bicyclic) bond motifs is 1. The highest BCUT2D eigenvalue weighted by Gasteiger charge is 2.21. The Balaban J connectivity index is 1.49. The molecule has 2 N–H and O–H groups in total. The second-order valence-corrected chi connectivity index (χ2v) is 6.48. The summed E-state index contributed by atoms with van der Waals surface area (Å²) >= 11 is 5.42. The number of rotatable bonds is 3. The molecule has 6 heteroatoms. The quantitative estimate of drug-likeness (QED) is 0.835. The zero-order valence-corrected chi connectivity index (χ0v) is 13.9. The topological polar surface area (TPSA) is 45.8 Å². The molecule has 5 nitrogen and oxygen atoms in total. The van der Waals surface area contributed by atoms with E-state index in [-0.39, 0.29) is 6.79 Å². The van der Waals surface area contributed by atoms with Crippen molar-refractivity contribution in [1.29, 1.82) is 0 Å². The molecule has 0 aromatic heterocycles. The van der Waals surface area contributed by atoms with Crippen LogP contribution in [0.25, 0.3) is 0 Å². The number of nitrogens with one attached hydrogen (secondary N) is 2. The summed E-state index contributed by atoms with van der Waals surface area (Å²) in [6.07, 6.45) is 2.25. The minimum absolute atomic E-state index is 0.288. The lowest BCUT2D eigenvalue weighted by Crippen LogP contribution is -2.47. The van der Waals surface area contributed by atoms with Crippen molar-refractivity contribution in [2.45, 2.75) is 38.8 Å². The zero-order chi connectivity index (χ0) is 15.5. The minimum Gasteiger partial charge on any atom is -0.454 e. The van der Waals surface area contributed by atoms with E-state index in [4.69, 9.17) is 21.7 Å². The third-order valence-electron chi connectivity index (χ3n) is 4.23. The van der Waals surface area contributed by atoms with Gasteiger partial charge in [0, 0.05) is 36.9 Å². The van der Waals surface area contributed by atoms with Gasteiger partial charge in [-0.3, -0.25) is 0 Å². The van der Waals surface area contributed by atoms with E-state index < -0.39 is 0 Å². The van der Waals surface area contributed by atoms with Gasteiger partial charge < -0.3 is 25.0 Å². The van der Waals surface area contributed by atoms with Crippen molar-refractivity contribution in [1.82, 2.24) is 10.2 Å². The number of nitrogens with zero attached hydrogens (tertiary/aromatic N) is 1. The van der Waals surface area contributed by atoms with Gasteiger partial charge in [0.05, 0.1) is 0 Å². The highest BCUT2D eigenvalue weighted by atomic mass is 32.1. The predicted molar refractivity (Wildman–Crippen MR) is 91.7 cm³/mol. The Hall–Kier alpha value is -1.53. The maximum atomic E-state index is 5.42. The summed E-state index contributed by atoms with van der Waals surface area (Å²) in [5, 5.41) is 7.31. The van der Waals surface area contributed by atoms with E-state index in [0.717, 1.165) is 43.1 Å². The number of ether oxygens (including phenoxy) is 2. The van der Waals surface area contributed by atoms with E-state index >= 15 is 0 Å². The van der Waals surface area contributed by atoms with Gasteiger partial charge in [-0.15, -0.1) is 0 Å². The van der Waals surface area contributed by atoms with Gasteiger partial charge in [0.25, 0.3) is 0 Å². The SMILES string of the molecule is CC(C)N1CCC(NC(=S)Nc2ccc3c(c2)OCO3)CC1. The Kier molecular flexibility index (Phi) is 4.69. The van der Waals surface area contributed by atoms with Crippen LogP contribution in [0.3, 0.4) is 0 Å². The number of anilines is 1. The van der Waals surface area contributed by atoms with Gasteiger partial charge in [0.1, 0.15) is 0 Å². The Bertz CT molecular complexity index is 542. The van der Waals surface area contributed by atoms with Crippen molar-refractivity contribution >= 4 is 23.0 Å². The predicted octanol–water partition coefficient (Wildman–Crippen LogP) is 2.57. The first-order valence-corrected chi connectivity index (χ1v) is 8.24. The molecule has 1 aromatic carbocycles. The molecule has 0 radical (unpaired) electrons. The maximum absolute atomic E-state index is 5.42. The smallest absolute Gasteiger partial charge is 0.231 e. The fourth-order valence-corrected chi connectivity index (χ4v) is 3.17. The van der Waals surface area contributed by atoms with Crippen LogP contribution < -0.4 is 20.1 Å². The lowest BCUT2D eigenvalue weighted by atomic mass is 10.0. The Morgan fingerprint density at radius 1 is 1.23 bits per heavy atom. The number of likely N-dealkylation sites (tertiary alicyclic amines) is 1. The van der Waals surface area contributed by atoms with Crippen LogP contribution in [-0.4, -0.2) is 42.0 Å². The van der Waals surface area contributed by atoms with Gasteiger partial charge in [-0.25, -0.2) is 0 Å². The highest BCUT2D eigenvalue weighted by molar-refractivity contribution is 7.80. The van der Waals surface area contributed by atoms with Crippen LogP contribution >= 0.6 is 12.2 Å². The van der Waals surface area contributed by atoms with Crippen molar-refractivity contribution in [2.24, 2.45) is 0 Å². The molecular weight excluding hydrogens is 298 g/mol. The van der Waals surface area contributed by atoms with Crippen molar-refractivity contribution in [3.8, 4) is 11.5 Å². The molecule has 1 fully saturated rings. The average Bonchev–Trinajstić information content (AvgIpc) is 2.95. The monoisotopic (exact) mass is 321 g/mol. The van der Waals surface area contributed by atoms with Crippen molar-refractivity contribution in [3.63, 3.8) is 0 Å². The second kappa shape index (κ2) is 6.71. The van der Waals surface area contributed by atoms with Gasteiger partial charge in [0.15, 0.2) is 16.6 Å². The first-order chi connectivity index (χ1) is 10.6. The van der Waals surface area contributed by atoms with Crippen LogP contribution in [0.2, 0.25) is 0 Å². The molecule has 3 rings (SSSR count). The van der Waals surface area contributed by atoms with E-state index in [9.17, 15) is 0 Å². The van der Waals surface area contributed by atoms with Gasteiger partial charge in [0.2, 0.25) is 6.79 Å². The van der Waals surface area contributed by atoms with Crippen molar-refractivity contribution < 1.29 is 9.47 Å². The fraction of sp³-hybridized carbons (Fsp3) is 0.562. The third kappa shape index (κ3) is 3.62. The van der Waals surface area contributed by atoms with Crippen LogP contribution in [0.4, 0.5) is 5.69 Å². The van der Waals surface area contributed by atoms with Crippen LogP contribution in [-0.2, 0) is 0 Å². The Morgan fingerprint density at radius 2 is 1.95 bits per heavy atom. The van der Waals surface area contributed by atoms with Gasteiger partial charge in [-0.1, -0.05) is 0 Å². The summed E-state index contributed by atoms with van der Waals surface area (Å²) in [4.78, 5) is 2.51. The molecule has 0 aliphatic carbocycles. The molecule has 0 spiro atoms. The largest absolute Gasteiger partial charge is 0.454 e. The minimum atomic E-state index is 0.288. The number of thiocarbonyl (C=S) groups is 1. The van der Waals surface area contributed by atoms with Crippen LogP contribution in [0, 0.1) is 0 Å². The van der Waals surface area contributed by atoms with E-state index in [1.165, 1.54) is 0 Å². The molecule has 0 unspecified atom stereocenters. The summed E-state index contributed by atoms with van der Waals surface area (Å²) in [6, 6.07) is 6.83. The molecule has 0 amide bonds. The second-order valence-electron chi connectivity index (χ2n) is 6.07. The van der Waals surface area contributed by atoms with E-state index in [2.05, 4.69) is 29.4 Å². The normalized spacial score (nSPS) is 18.5. The lowest BCUT2D eigenvalue weighted by molar-refractivity contribution is 0.168. The maximum Gasteiger partial charge on any atom is 0.231 e. The molecule has 120 valence electrons. The summed E-state index contributed by atoms with van der Waals surface area (Å²) in [7, 11) is 0. The molecule has 0 atom stereocenters. The standard InChI is InChI=1S/C16H23N3O2S/c1-11(2)19-7-5-12(6-8-19)17-16(22)18-13-3-4-14-15(9-13)21-10-20-14/h3-4,9,11-12H,5-8,10H2,1-2H3,(H2,17,18,22). The molecule has 2 heterocycles. The average molecular weight is 321 g/mol. The summed E-state index contributed by atoms with van der Waals surface area (Å²) < 4.78 is 10.7. The molecule has 0 bridgehead atoms. The molecule has 1 aromatic rings. The van der Waals surface area contributed by atoms with E-state index in [1.807, 2.05) is 18.2 Å². The first-order valence-electron chi connectivity index (χ1n) is 7.83. The third-order valence-corrected chi connectivity index (χ3v) is 4.45. The van der Waals surface area contributed by atoms with E-state index in [1.54, 1.807) is 0 Å². The van der Waals surface area contributed by atoms with E-state index in [0.29, 0.717) is 17.2 Å². The fourth-order valence-electron chi connectivity index (χ4n) is 2.89. The molecule has 1 saturated heterocycles. The van der Waals surface area contributed by atoms with Crippen LogP contribution in [0.15, 0.2) is 18.2 Å². The molecule has 2 aliphatic rings. The number of benzene rings is 1. The number of piperidine rings is 1. The summed E-state index contributed by atoms with van der Waals surface area (Å²) in [5.74, 6) is 1.54. The molecule has 2 aliphatic heterocycles. The van der Waals surface area contributed by atoms with Crippen molar-refractivity contribution in [2.75, 3.05) is 25.2 Å². The Labute approximate surface area is 137 Å². The Morgan fingerprint density at radius 3 is 2.68 bits per heavy atom. The zero-order valence-electron chi connectivity index (χ0n) is 13.1. The first kappa shape index (κ1) is 15.4. The van der Waals surface area contributed by atoms with Gasteiger partial charge in [-0.2, -0.15) is 0 Å². The summed E-state index contributed by atoms with van der Waals surface area (Å²) in [5.41, 5.74) is 0.918.